The molecule has 0 aromatic rings. The Hall–Kier alpha value is -0.610. The molecule has 0 aliphatic rings. The summed E-state index contributed by atoms with van der Waals surface area (Å²) < 4.78 is 9.89. The van der Waals surface area contributed by atoms with Gasteiger partial charge >= 0.3 is 5.97 Å². The van der Waals surface area contributed by atoms with E-state index in [0.29, 0.717) is 19.8 Å². The molecule has 4 heteroatoms. The van der Waals surface area contributed by atoms with Crippen molar-refractivity contribution >= 4 is 5.97 Å². The lowest BCUT2D eigenvalue weighted by atomic mass is 9.93. The van der Waals surface area contributed by atoms with Crippen LogP contribution in [0.15, 0.2) is 0 Å². The molecule has 0 radical (unpaired) electrons. The molecular weight excluding hydrogens is 182 g/mol. The summed E-state index contributed by atoms with van der Waals surface area (Å²) in [5.74, 6) is -0.317. The van der Waals surface area contributed by atoms with E-state index in [2.05, 4.69) is 20.8 Å². The van der Waals surface area contributed by atoms with Crippen molar-refractivity contribution in [3.8, 4) is 0 Å². The normalized spacial score (nSPS) is 11.4. The smallest absolute Gasteiger partial charge is 0.332 e. The van der Waals surface area contributed by atoms with Gasteiger partial charge in [-0.2, -0.15) is 0 Å². The highest BCUT2D eigenvalue weighted by Gasteiger charge is 2.11. The first-order valence-corrected chi connectivity index (χ1v) is 4.89. The van der Waals surface area contributed by atoms with E-state index in [1.807, 2.05) is 0 Å². The highest BCUT2D eigenvalue weighted by molar-refractivity contribution is 5.70. The van der Waals surface area contributed by atoms with Crippen LogP contribution in [0, 0.1) is 5.41 Å². The number of nitrogens with two attached hydrogens (primary N) is 1. The lowest BCUT2D eigenvalue weighted by Crippen LogP contribution is -2.19. The summed E-state index contributed by atoms with van der Waals surface area (Å²) in [6.07, 6.45) is 0.857. The van der Waals surface area contributed by atoms with Crippen molar-refractivity contribution in [3.05, 3.63) is 0 Å². The minimum atomic E-state index is -0.317. The monoisotopic (exact) mass is 203 g/mol. The predicted octanol–water partition coefficient (Wildman–Crippen LogP) is 0.941. The van der Waals surface area contributed by atoms with E-state index in [4.69, 9.17) is 15.2 Å². The first-order chi connectivity index (χ1) is 6.45. The van der Waals surface area contributed by atoms with Crippen LogP contribution in [0.5, 0.6) is 0 Å². The number of hydrogen-bond acceptors (Lipinski definition) is 4. The fourth-order valence-corrected chi connectivity index (χ4v) is 0.752. The molecule has 0 unspecified atom stereocenters. The number of rotatable bonds is 6. The summed E-state index contributed by atoms with van der Waals surface area (Å²) in [6.45, 7) is 7.59. The van der Waals surface area contributed by atoms with E-state index in [1.54, 1.807) is 0 Å². The highest BCUT2D eigenvalue weighted by atomic mass is 16.6. The molecular formula is C10H21NO3. The van der Waals surface area contributed by atoms with Gasteiger partial charge in [0, 0.05) is 6.54 Å². The van der Waals surface area contributed by atoms with E-state index in [9.17, 15) is 4.79 Å². The molecule has 0 aromatic carbocycles. The standard InChI is InChI=1S/C10H21NO3/c1-10(2,3)4-6-14-9(12)8-13-7-5-11/h4-8,11H2,1-3H3. The van der Waals surface area contributed by atoms with Gasteiger partial charge in [0.1, 0.15) is 6.61 Å². The lowest BCUT2D eigenvalue weighted by Gasteiger charge is -2.17. The van der Waals surface area contributed by atoms with E-state index in [-0.39, 0.29) is 18.0 Å². The summed E-state index contributed by atoms with van der Waals surface area (Å²) in [5.41, 5.74) is 5.39. The van der Waals surface area contributed by atoms with Crippen LogP contribution < -0.4 is 5.73 Å². The molecule has 0 saturated carbocycles. The molecule has 0 aromatic heterocycles. The fourth-order valence-electron chi connectivity index (χ4n) is 0.752. The first kappa shape index (κ1) is 13.4. The molecule has 2 N–H and O–H groups in total. The summed E-state index contributed by atoms with van der Waals surface area (Å²) in [4.78, 5) is 11.0. The Morgan fingerprint density at radius 2 is 1.93 bits per heavy atom. The molecule has 0 aliphatic carbocycles. The van der Waals surface area contributed by atoms with Crippen LogP contribution in [0.25, 0.3) is 0 Å². The van der Waals surface area contributed by atoms with Crippen LogP contribution in [0.3, 0.4) is 0 Å². The topological polar surface area (TPSA) is 61.5 Å². The number of esters is 1. The third-order valence-electron chi connectivity index (χ3n) is 1.60. The van der Waals surface area contributed by atoms with Crippen LogP contribution >= 0.6 is 0 Å². The van der Waals surface area contributed by atoms with Crippen LogP contribution in [-0.4, -0.2) is 32.3 Å². The van der Waals surface area contributed by atoms with Crippen LogP contribution in [0.4, 0.5) is 0 Å². The van der Waals surface area contributed by atoms with Gasteiger partial charge in [0.15, 0.2) is 0 Å². The van der Waals surface area contributed by atoms with Crippen molar-refractivity contribution in [3.63, 3.8) is 0 Å². The third-order valence-corrected chi connectivity index (χ3v) is 1.60. The van der Waals surface area contributed by atoms with E-state index in [1.165, 1.54) is 0 Å². The van der Waals surface area contributed by atoms with Crippen molar-refractivity contribution in [2.45, 2.75) is 27.2 Å². The van der Waals surface area contributed by atoms with E-state index >= 15 is 0 Å². The highest BCUT2D eigenvalue weighted by Crippen LogP contribution is 2.17. The van der Waals surface area contributed by atoms with Crippen molar-refractivity contribution in [2.24, 2.45) is 11.1 Å². The second kappa shape index (κ2) is 6.79. The van der Waals surface area contributed by atoms with Gasteiger partial charge in [-0.3, -0.25) is 0 Å². The van der Waals surface area contributed by atoms with Gasteiger partial charge in [-0.1, -0.05) is 20.8 Å². The van der Waals surface area contributed by atoms with Gasteiger partial charge < -0.3 is 15.2 Å². The zero-order chi connectivity index (χ0) is 11.0. The molecule has 14 heavy (non-hydrogen) atoms. The second-order valence-corrected chi connectivity index (χ2v) is 4.37. The first-order valence-electron chi connectivity index (χ1n) is 4.89. The molecule has 0 aliphatic heterocycles. The van der Waals surface area contributed by atoms with Gasteiger partial charge in [-0.25, -0.2) is 4.79 Å². The summed E-state index contributed by atoms with van der Waals surface area (Å²) in [5, 5.41) is 0. The van der Waals surface area contributed by atoms with Gasteiger partial charge in [-0.15, -0.1) is 0 Å². The Balaban J connectivity index is 3.36. The molecule has 0 atom stereocenters. The second-order valence-electron chi connectivity index (χ2n) is 4.37. The number of carbonyl (C=O) groups is 1. The van der Waals surface area contributed by atoms with Crippen molar-refractivity contribution in [1.82, 2.24) is 0 Å². The maximum absolute atomic E-state index is 11.0. The third kappa shape index (κ3) is 9.48. The minimum absolute atomic E-state index is 0.00133. The molecule has 0 spiro atoms. The van der Waals surface area contributed by atoms with Crippen molar-refractivity contribution in [1.29, 1.82) is 0 Å². The molecule has 84 valence electrons. The lowest BCUT2D eigenvalue weighted by molar-refractivity contribution is -0.149. The number of hydrogen-bond donors (Lipinski definition) is 1. The van der Waals surface area contributed by atoms with Crippen LogP contribution in [0.1, 0.15) is 27.2 Å². The summed E-state index contributed by atoms with van der Waals surface area (Å²) in [7, 11) is 0. The van der Waals surface area contributed by atoms with Gasteiger partial charge in [-0.05, 0) is 11.8 Å². The number of carbonyl (C=O) groups excluding carboxylic acids is 1. The maximum Gasteiger partial charge on any atom is 0.332 e. The average Bonchev–Trinajstić information content (AvgIpc) is 2.02. The van der Waals surface area contributed by atoms with Crippen molar-refractivity contribution < 1.29 is 14.3 Å². The fraction of sp³-hybridized carbons (Fsp3) is 0.900. The Morgan fingerprint density at radius 1 is 1.29 bits per heavy atom. The quantitative estimate of drug-likeness (QED) is 0.515. The Morgan fingerprint density at radius 3 is 2.43 bits per heavy atom. The largest absolute Gasteiger partial charge is 0.464 e. The van der Waals surface area contributed by atoms with E-state index < -0.39 is 0 Å². The molecule has 4 nitrogen and oxygen atoms in total. The Kier molecular flexibility index (Phi) is 6.49. The predicted molar refractivity (Wildman–Crippen MR) is 54.9 cm³/mol. The molecule has 0 amide bonds. The number of ether oxygens (including phenoxy) is 2. The maximum atomic E-state index is 11.0. The van der Waals surface area contributed by atoms with E-state index in [0.717, 1.165) is 6.42 Å². The molecule has 0 rings (SSSR count). The Bertz CT molecular complexity index is 163. The van der Waals surface area contributed by atoms with Gasteiger partial charge in [0.2, 0.25) is 0 Å². The van der Waals surface area contributed by atoms with Gasteiger partial charge in [0.25, 0.3) is 0 Å². The summed E-state index contributed by atoms with van der Waals surface area (Å²) in [6, 6.07) is 0. The molecule has 0 bridgehead atoms. The SMILES string of the molecule is CC(C)(C)CCOC(=O)COCCN. The minimum Gasteiger partial charge on any atom is -0.464 e. The van der Waals surface area contributed by atoms with Crippen LogP contribution in [0.2, 0.25) is 0 Å². The average molecular weight is 203 g/mol. The summed E-state index contributed by atoms with van der Waals surface area (Å²) >= 11 is 0. The molecule has 0 heterocycles. The Labute approximate surface area is 85.8 Å². The van der Waals surface area contributed by atoms with Gasteiger partial charge in [0.05, 0.1) is 13.2 Å². The molecule has 0 saturated heterocycles. The zero-order valence-electron chi connectivity index (χ0n) is 9.34. The van der Waals surface area contributed by atoms with Crippen molar-refractivity contribution in [2.75, 3.05) is 26.4 Å². The van der Waals surface area contributed by atoms with Crippen LogP contribution in [-0.2, 0) is 14.3 Å². The zero-order valence-corrected chi connectivity index (χ0v) is 9.34. The molecule has 0 fully saturated rings.